The number of nitrogens with zero attached hydrogens (tertiary/aromatic N) is 5. The highest BCUT2D eigenvalue weighted by Gasteiger charge is 2.20. The van der Waals surface area contributed by atoms with Gasteiger partial charge in [-0.05, 0) is 31.2 Å². The van der Waals surface area contributed by atoms with E-state index in [9.17, 15) is 19.7 Å². The maximum Gasteiger partial charge on any atom is 0.333 e. The van der Waals surface area contributed by atoms with Crippen molar-refractivity contribution in [1.82, 2.24) is 17.9 Å². The summed E-state index contributed by atoms with van der Waals surface area (Å²) >= 11 is 1.02. The van der Waals surface area contributed by atoms with Crippen molar-refractivity contribution >= 4 is 51.0 Å². The van der Waals surface area contributed by atoms with Crippen LogP contribution in [0.3, 0.4) is 0 Å². The number of nitro groups is 1. The molecule has 140 valence electrons. The molecule has 0 aliphatic heterocycles. The summed E-state index contributed by atoms with van der Waals surface area (Å²) in [6.07, 6.45) is 0. The van der Waals surface area contributed by atoms with Gasteiger partial charge in [-0.15, -0.1) is 0 Å². The predicted molar refractivity (Wildman–Crippen MR) is 106 cm³/mol. The molecule has 0 amide bonds. The number of Topliss-reactive ketones (excluding diaryl/α,β-unsaturated/α-hetero) is 1. The lowest BCUT2D eigenvalue weighted by molar-refractivity contribution is -0.384. The number of imidazole rings is 1. The lowest BCUT2D eigenvalue weighted by atomic mass is 10.1. The first-order valence-electron chi connectivity index (χ1n) is 8.18. The maximum absolute atomic E-state index is 13.0. The standard InChI is InChI=1S/C18H13N5O4S/c1-10(2)22-14-8-7-13-16(20-28-19-13)17(14)21(18(22)25)9-15(24)11-3-5-12(6-4-11)23(26)27/h3-8H,1,9H2,2H3. The number of ketones is 1. The molecule has 2 heterocycles. The van der Waals surface area contributed by atoms with E-state index in [0.717, 1.165) is 11.7 Å². The summed E-state index contributed by atoms with van der Waals surface area (Å²) in [4.78, 5) is 36.0. The third kappa shape index (κ3) is 2.70. The molecule has 0 saturated carbocycles. The summed E-state index contributed by atoms with van der Waals surface area (Å²) in [6.45, 7) is 5.32. The number of nitro benzene ring substituents is 1. The topological polar surface area (TPSA) is 113 Å². The molecule has 9 nitrogen and oxygen atoms in total. The zero-order valence-corrected chi connectivity index (χ0v) is 15.5. The van der Waals surface area contributed by atoms with Gasteiger partial charge < -0.3 is 0 Å². The summed E-state index contributed by atoms with van der Waals surface area (Å²) in [5, 5.41) is 10.8. The number of carbonyl (C=O) groups excluding carboxylic acids is 1. The molecule has 4 rings (SSSR count). The average Bonchev–Trinajstić information content (AvgIpc) is 3.24. The number of aromatic nitrogens is 4. The maximum atomic E-state index is 13.0. The molecular formula is C18H13N5O4S. The van der Waals surface area contributed by atoms with Gasteiger partial charge in [0.1, 0.15) is 11.0 Å². The third-order valence-electron chi connectivity index (χ3n) is 4.40. The molecule has 0 saturated heterocycles. The van der Waals surface area contributed by atoms with Crippen molar-refractivity contribution in [3.05, 3.63) is 69.1 Å². The number of hydrogen-bond acceptors (Lipinski definition) is 7. The third-order valence-corrected chi connectivity index (χ3v) is 4.94. The molecule has 0 atom stereocenters. The zero-order valence-electron chi connectivity index (χ0n) is 14.7. The van der Waals surface area contributed by atoms with Crippen LogP contribution in [0.15, 0.2) is 47.8 Å². The first-order valence-corrected chi connectivity index (χ1v) is 8.91. The highest BCUT2D eigenvalue weighted by molar-refractivity contribution is 7.00. The highest BCUT2D eigenvalue weighted by Crippen LogP contribution is 2.25. The smallest absolute Gasteiger partial charge is 0.292 e. The molecule has 2 aromatic carbocycles. The van der Waals surface area contributed by atoms with Crippen LogP contribution in [0, 0.1) is 10.1 Å². The monoisotopic (exact) mass is 395 g/mol. The van der Waals surface area contributed by atoms with Crippen LogP contribution >= 0.6 is 11.7 Å². The Morgan fingerprint density at radius 2 is 1.93 bits per heavy atom. The molecule has 0 aliphatic carbocycles. The second-order valence-corrected chi connectivity index (χ2v) is 6.76. The van der Waals surface area contributed by atoms with Crippen LogP contribution in [0.5, 0.6) is 0 Å². The summed E-state index contributed by atoms with van der Waals surface area (Å²) in [5.41, 5.74) is 2.55. The fourth-order valence-electron chi connectivity index (χ4n) is 3.11. The van der Waals surface area contributed by atoms with Crippen LogP contribution in [0.25, 0.3) is 27.8 Å². The van der Waals surface area contributed by atoms with Crippen molar-refractivity contribution in [2.45, 2.75) is 13.5 Å². The van der Waals surface area contributed by atoms with Crippen LogP contribution < -0.4 is 5.69 Å². The van der Waals surface area contributed by atoms with E-state index >= 15 is 0 Å². The first kappa shape index (κ1) is 17.7. The van der Waals surface area contributed by atoms with E-state index in [1.54, 1.807) is 19.1 Å². The van der Waals surface area contributed by atoms with E-state index in [4.69, 9.17) is 0 Å². The lowest BCUT2D eigenvalue weighted by Crippen LogP contribution is -2.26. The van der Waals surface area contributed by atoms with E-state index < -0.39 is 10.6 Å². The summed E-state index contributed by atoms with van der Waals surface area (Å²) in [7, 11) is 0. The van der Waals surface area contributed by atoms with Gasteiger partial charge >= 0.3 is 5.69 Å². The SMILES string of the molecule is C=C(C)n1c(=O)n(CC(=O)c2ccc([N+](=O)[O-])cc2)c2c3nsnc3ccc21. The molecule has 0 N–H and O–H groups in total. The van der Waals surface area contributed by atoms with Gasteiger partial charge in [-0.3, -0.25) is 24.0 Å². The molecule has 0 spiro atoms. The number of benzene rings is 2. The molecule has 4 aromatic rings. The second kappa shape index (κ2) is 6.50. The van der Waals surface area contributed by atoms with Gasteiger partial charge in [0, 0.05) is 23.4 Å². The lowest BCUT2D eigenvalue weighted by Gasteiger charge is -2.03. The number of hydrogen-bond donors (Lipinski definition) is 0. The quantitative estimate of drug-likeness (QED) is 0.291. The zero-order chi connectivity index (χ0) is 20.0. The van der Waals surface area contributed by atoms with Crippen molar-refractivity contribution in [3.8, 4) is 0 Å². The van der Waals surface area contributed by atoms with Crippen molar-refractivity contribution in [3.63, 3.8) is 0 Å². The summed E-state index contributed by atoms with van der Waals surface area (Å²) < 4.78 is 11.2. The Labute approximate surface area is 161 Å². The minimum absolute atomic E-state index is 0.108. The van der Waals surface area contributed by atoms with E-state index in [-0.39, 0.29) is 23.6 Å². The number of fused-ring (bicyclic) bond motifs is 3. The van der Waals surface area contributed by atoms with Gasteiger partial charge in [0.25, 0.3) is 5.69 Å². The minimum Gasteiger partial charge on any atom is -0.292 e. The van der Waals surface area contributed by atoms with Gasteiger partial charge in [-0.1, -0.05) is 6.58 Å². The Morgan fingerprint density at radius 3 is 2.57 bits per heavy atom. The van der Waals surface area contributed by atoms with Gasteiger partial charge in [0.15, 0.2) is 5.78 Å². The van der Waals surface area contributed by atoms with Crippen molar-refractivity contribution in [1.29, 1.82) is 0 Å². The van der Waals surface area contributed by atoms with Crippen LogP contribution in [0.1, 0.15) is 17.3 Å². The molecule has 0 radical (unpaired) electrons. The average molecular weight is 395 g/mol. The fraction of sp³-hybridized carbons (Fsp3) is 0.111. The largest absolute Gasteiger partial charge is 0.333 e. The van der Waals surface area contributed by atoms with E-state index in [1.807, 2.05) is 0 Å². The minimum atomic E-state index is -0.536. The summed E-state index contributed by atoms with van der Waals surface area (Å²) in [6, 6.07) is 8.79. The number of non-ortho nitro benzene ring substituents is 1. The Bertz CT molecular complexity index is 1330. The van der Waals surface area contributed by atoms with Crippen molar-refractivity contribution < 1.29 is 9.72 Å². The van der Waals surface area contributed by atoms with Crippen molar-refractivity contribution in [2.75, 3.05) is 0 Å². The van der Waals surface area contributed by atoms with Gasteiger partial charge in [0.2, 0.25) is 0 Å². The fourth-order valence-corrected chi connectivity index (χ4v) is 3.65. The van der Waals surface area contributed by atoms with Gasteiger partial charge in [-0.2, -0.15) is 8.75 Å². The van der Waals surface area contributed by atoms with E-state index in [1.165, 1.54) is 33.4 Å². The van der Waals surface area contributed by atoms with Crippen LogP contribution in [0.2, 0.25) is 0 Å². The molecule has 2 aromatic heterocycles. The predicted octanol–water partition coefficient (Wildman–Crippen LogP) is 3.09. The van der Waals surface area contributed by atoms with Crippen LogP contribution in [-0.2, 0) is 6.54 Å². The number of rotatable bonds is 5. The molecule has 0 aliphatic rings. The molecule has 0 unspecified atom stereocenters. The number of carbonyl (C=O) groups is 1. The summed E-state index contributed by atoms with van der Waals surface area (Å²) in [5.74, 6) is -0.349. The Kier molecular flexibility index (Phi) is 4.12. The second-order valence-electron chi connectivity index (χ2n) is 6.23. The Hall–Kier alpha value is -3.66. The highest BCUT2D eigenvalue weighted by atomic mass is 32.1. The van der Waals surface area contributed by atoms with E-state index in [0.29, 0.717) is 27.8 Å². The van der Waals surface area contributed by atoms with Crippen molar-refractivity contribution in [2.24, 2.45) is 0 Å². The first-order chi connectivity index (χ1) is 13.4. The van der Waals surface area contributed by atoms with Gasteiger partial charge in [-0.25, -0.2) is 4.79 Å². The normalized spacial score (nSPS) is 11.2. The Morgan fingerprint density at radius 1 is 1.21 bits per heavy atom. The van der Waals surface area contributed by atoms with E-state index in [2.05, 4.69) is 15.3 Å². The number of allylic oxidation sites excluding steroid dienone is 1. The molecule has 0 bridgehead atoms. The Balaban J connectivity index is 1.86. The molecular weight excluding hydrogens is 382 g/mol. The van der Waals surface area contributed by atoms with Crippen LogP contribution in [-0.4, -0.2) is 28.6 Å². The van der Waals surface area contributed by atoms with Crippen LogP contribution in [0.4, 0.5) is 5.69 Å². The molecule has 28 heavy (non-hydrogen) atoms. The van der Waals surface area contributed by atoms with Gasteiger partial charge in [0.05, 0.1) is 34.2 Å². The molecule has 0 fully saturated rings. The molecule has 10 heteroatoms.